The van der Waals surface area contributed by atoms with Gasteiger partial charge < -0.3 is 10.4 Å². The molecule has 0 unspecified atom stereocenters. The molecule has 3 saturated carbocycles. The largest absolute Gasteiger partial charge is 0.393 e. The number of amides is 1. The molecule has 0 spiro atoms. The maximum atomic E-state index is 11.8. The number of carbonyl (C=O) groups excluding carboxylic acids is 1. The molecule has 4 rings (SSSR count). The predicted molar refractivity (Wildman–Crippen MR) is 99.9 cm³/mol. The summed E-state index contributed by atoms with van der Waals surface area (Å²) in [5.41, 5.74) is 2.10. The molecule has 1 amide bonds. The Labute approximate surface area is 152 Å². The van der Waals surface area contributed by atoms with E-state index < -0.39 is 0 Å². The summed E-state index contributed by atoms with van der Waals surface area (Å²) in [6, 6.07) is 0.335. The van der Waals surface area contributed by atoms with Crippen LogP contribution in [0.4, 0.5) is 0 Å². The molecule has 8 atom stereocenters. The minimum atomic E-state index is -0.125. The number of fused-ring (bicyclic) bond motifs is 5. The zero-order valence-corrected chi connectivity index (χ0v) is 16.3. The summed E-state index contributed by atoms with van der Waals surface area (Å²) in [7, 11) is 0. The first kappa shape index (κ1) is 17.6. The summed E-state index contributed by atoms with van der Waals surface area (Å²) in [5, 5.41) is 13.4. The second-order valence-electron chi connectivity index (χ2n) is 10.1. The number of hydrogen-bond donors (Lipinski definition) is 2. The molecule has 4 aliphatic carbocycles. The molecule has 0 aromatic heterocycles. The first-order chi connectivity index (χ1) is 11.8. The Morgan fingerprint density at radius 2 is 2.00 bits per heavy atom. The lowest BCUT2D eigenvalue weighted by Gasteiger charge is -2.58. The quantitative estimate of drug-likeness (QED) is 0.704. The van der Waals surface area contributed by atoms with E-state index in [-0.39, 0.29) is 17.4 Å². The second kappa shape index (κ2) is 5.84. The number of hydrogen-bond acceptors (Lipinski definition) is 2. The highest BCUT2D eigenvalue weighted by molar-refractivity contribution is 5.73. The molecule has 0 heterocycles. The smallest absolute Gasteiger partial charge is 0.217 e. The van der Waals surface area contributed by atoms with Crippen LogP contribution in [0.15, 0.2) is 11.6 Å². The van der Waals surface area contributed by atoms with Gasteiger partial charge in [0, 0.05) is 13.0 Å². The van der Waals surface area contributed by atoms with Gasteiger partial charge in [0.05, 0.1) is 6.10 Å². The Bertz CT molecular complexity index is 599. The van der Waals surface area contributed by atoms with Gasteiger partial charge in [0.1, 0.15) is 0 Å². The first-order valence-corrected chi connectivity index (χ1v) is 10.4. The summed E-state index contributed by atoms with van der Waals surface area (Å²) in [4.78, 5) is 11.8. The molecule has 0 saturated heterocycles. The number of allylic oxidation sites excluding steroid dienone is 1. The highest BCUT2D eigenvalue weighted by atomic mass is 16.3. The monoisotopic (exact) mass is 345 g/mol. The molecular weight excluding hydrogens is 310 g/mol. The van der Waals surface area contributed by atoms with E-state index in [1.807, 2.05) is 0 Å². The van der Waals surface area contributed by atoms with Crippen LogP contribution in [0.5, 0.6) is 0 Å². The lowest BCUT2D eigenvalue weighted by atomic mass is 9.48. The van der Waals surface area contributed by atoms with Gasteiger partial charge in [-0.25, -0.2) is 0 Å². The molecule has 3 heteroatoms. The van der Waals surface area contributed by atoms with Gasteiger partial charge in [0.15, 0.2) is 0 Å². The van der Waals surface area contributed by atoms with Crippen molar-refractivity contribution in [3.63, 3.8) is 0 Å². The van der Waals surface area contributed by atoms with E-state index in [9.17, 15) is 9.90 Å². The Hall–Kier alpha value is -0.830. The van der Waals surface area contributed by atoms with Crippen LogP contribution in [0.3, 0.4) is 0 Å². The van der Waals surface area contributed by atoms with Crippen molar-refractivity contribution in [1.29, 1.82) is 0 Å². The summed E-state index contributed by atoms with van der Waals surface area (Å²) in [6.45, 7) is 8.93. The Morgan fingerprint density at radius 1 is 1.24 bits per heavy atom. The molecule has 2 N–H and O–H groups in total. The van der Waals surface area contributed by atoms with E-state index in [1.165, 1.54) is 25.7 Å². The third-order valence-corrected chi connectivity index (χ3v) is 8.78. The summed E-state index contributed by atoms with van der Waals surface area (Å²) >= 11 is 0. The van der Waals surface area contributed by atoms with Crippen molar-refractivity contribution in [2.75, 3.05) is 0 Å². The fourth-order valence-electron chi connectivity index (χ4n) is 7.53. The van der Waals surface area contributed by atoms with E-state index in [2.05, 4.69) is 32.2 Å². The molecule has 3 fully saturated rings. The highest BCUT2D eigenvalue weighted by Gasteiger charge is 2.60. The van der Waals surface area contributed by atoms with E-state index in [0.717, 1.165) is 37.0 Å². The SMILES string of the molecule is CC(=O)N[C@H]1[C@H](C)C[C@H]2[C@@H]3CC=C4C[C@H](O)CC[C@]4(C)[C@H]3CC[C@@]21C. The van der Waals surface area contributed by atoms with Crippen LogP contribution in [-0.4, -0.2) is 23.2 Å². The van der Waals surface area contributed by atoms with Crippen LogP contribution in [0.1, 0.15) is 72.6 Å². The molecule has 0 aromatic rings. The summed E-state index contributed by atoms with van der Waals surface area (Å²) in [5.74, 6) is 2.94. The Morgan fingerprint density at radius 3 is 2.72 bits per heavy atom. The molecule has 4 aliphatic rings. The van der Waals surface area contributed by atoms with Crippen molar-refractivity contribution >= 4 is 5.91 Å². The van der Waals surface area contributed by atoms with Gasteiger partial charge in [-0.15, -0.1) is 0 Å². The standard InChI is InChI=1S/C22H35NO2/c1-13-11-19-17-6-5-15-12-16(25)7-9-21(15,3)18(17)8-10-22(19,4)20(13)23-14(2)24/h5,13,16-20,25H,6-12H2,1-4H3,(H,23,24)/t13-,16-,17-,18+,19+,20+,21+,22+/m1/s1. The topological polar surface area (TPSA) is 49.3 Å². The fraction of sp³-hybridized carbons (Fsp3) is 0.864. The van der Waals surface area contributed by atoms with Gasteiger partial charge in [0.2, 0.25) is 5.91 Å². The van der Waals surface area contributed by atoms with Crippen molar-refractivity contribution in [3.05, 3.63) is 11.6 Å². The predicted octanol–water partition coefficient (Wildman–Crippen LogP) is 4.06. The summed E-state index contributed by atoms with van der Waals surface area (Å²) in [6.07, 6.45) is 10.3. The average Bonchev–Trinajstić information content (AvgIpc) is 2.79. The Balaban J connectivity index is 1.64. The van der Waals surface area contributed by atoms with E-state index in [1.54, 1.807) is 12.5 Å². The minimum Gasteiger partial charge on any atom is -0.393 e. The minimum absolute atomic E-state index is 0.125. The van der Waals surface area contributed by atoms with Gasteiger partial charge in [-0.2, -0.15) is 0 Å². The molecule has 0 bridgehead atoms. The zero-order valence-electron chi connectivity index (χ0n) is 16.3. The first-order valence-electron chi connectivity index (χ1n) is 10.4. The fourth-order valence-corrected chi connectivity index (χ4v) is 7.53. The maximum Gasteiger partial charge on any atom is 0.217 e. The van der Waals surface area contributed by atoms with Crippen molar-refractivity contribution in [3.8, 4) is 0 Å². The van der Waals surface area contributed by atoms with Crippen molar-refractivity contribution < 1.29 is 9.90 Å². The molecule has 0 aliphatic heterocycles. The van der Waals surface area contributed by atoms with Gasteiger partial charge in [0.25, 0.3) is 0 Å². The van der Waals surface area contributed by atoms with Crippen LogP contribution in [0.2, 0.25) is 0 Å². The van der Waals surface area contributed by atoms with Crippen LogP contribution >= 0.6 is 0 Å². The normalized spacial score (nSPS) is 51.8. The van der Waals surface area contributed by atoms with Gasteiger partial charge in [-0.1, -0.05) is 32.4 Å². The van der Waals surface area contributed by atoms with Crippen LogP contribution in [0.25, 0.3) is 0 Å². The van der Waals surface area contributed by atoms with Crippen LogP contribution in [0, 0.1) is 34.5 Å². The van der Waals surface area contributed by atoms with E-state index in [0.29, 0.717) is 17.4 Å². The highest BCUT2D eigenvalue weighted by Crippen LogP contribution is 2.65. The van der Waals surface area contributed by atoms with Gasteiger partial charge in [-0.3, -0.25) is 4.79 Å². The third kappa shape index (κ3) is 2.52. The summed E-state index contributed by atoms with van der Waals surface area (Å²) < 4.78 is 0. The number of carbonyl (C=O) groups is 1. The zero-order chi connectivity index (χ0) is 18.0. The molecule has 0 aromatic carbocycles. The van der Waals surface area contributed by atoms with Crippen molar-refractivity contribution in [2.24, 2.45) is 34.5 Å². The van der Waals surface area contributed by atoms with Gasteiger partial charge >= 0.3 is 0 Å². The Kier molecular flexibility index (Phi) is 4.10. The molecule has 25 heavy (non-hydrogen) atoms. The number of rotatable bonds is 1. The molecule has 3 nitrogen and oxygen atoms in total. The molecule has 0 radical (unpaired) electrons. The van der Waals surface area contributed by atoms with E-state index >= 15 is 0 Å². The van der Waals surface area contributed by atoms with Crippen LogP contribution < -0.4 is 5.32 Å². The number of nitrogens with one attached hydrogen (secondary N) is 1. The lowest BCUT2D eigenvalue weighted by Crippen LogP contribution is -2.54. The average molecular weight is 346 g/mol. The third-order valence-electron chi connectivity index (χ3n) is 8.78. The molecular formula is C22H35NO2. The van der Waals surface area contributed by atoms with Crippen molar-refractivity contribution in [2.45, 2.75) is 84.8 Å². The lowest BCUT2D eigenvalue weighted by molar-refractivity contribution is -0.121. The van der Waals surface area contributed by atoms with Crippen LogP contribution in [-0.2, 0) is 4.79 Å². The molecule has 140 valence electrons. The van der Waals surface area contributed by atoms with Gasteiger partial charge in [-0.05, 0) is 79.4 Å². The second-order valence-corrected chi connectivity index (χ2v) is 10.1. The number of aliphatic hydroxyl groups is 1. The van der Waals surface area contributed by atoms with Crippen molar-refractivity contribution in [1.82, 2.24) is 5.32 Å². The van der Waals surface area contributed by atoms with E-state index in [4.69, 9.17) is 0 Å². The maximum absolute atomic E-state index is 11.8. The number of aliphatic hydroxyl groups excluding tert-OH is 1.